The number of halogens is 3. The van der Waals surface area contributed by atoms with Crippen LogP contribution in [0.5, 0.6) is 0 Å². The number of benzene rings is 1. The van der Waals surface area contributed by atoms with Crippen LogP contribution in [0.25, 0.3) is 16.7 Å². The predicted octanol–water partition coefficient (Wildman–Crippen LogP) is 3.77. The number of fused-ring (bicyclic) bond motifs is 1. The average Bonchev–Trinajstić information content (AvgIpc) is 2.85. The van der Waals surface area contributed by atoms with E-state index < -0.39 is 17.1 Å². The second-order valence-electron chi connectivity index (χ2n) is 8.43. The molecule has 0 unspecified atom stereocenters. The molecular weight excluding hydrogens is 504 g/mol. The maximum absolute atomic E-state index is 14.1. The molecule has 1 aliphatic rings. The lowest BCUT2D eigenvalue weighted by Crippen LogP contribution is -2.44. The van der Waals surface area contributed by atoms with Gasteiger partial charge in [0.2, 0.25) is 0 Å². The predicted molar refractivity (Wildman–Crippen MR) is 142 cm³/mol. The maximum Gasteiger partial charge on any atom is 0.337 e. The van der Waals surface area contributed by atoms with Gasteiger partial charge < -0.3 is 5.73 Å². The molecule has 10 heteroatoms. The summed E-state index contributed by atoms with van der Waals surface area (Å²) in [5.74, 6) is 5.48. The largest absolute Gasteiger partial charge is 0.337 e. The second kappa shape index (κ2) is 11.5. The molecule has 186 valence electrons. The van der Waals surface area contributed by atoms with Crippen molar-refractivity contribution >= 4 is 35.8 Å². The molecule has 0 radical (unpaired) electrons. The highest BCUT2D eigenvalue weighted by atomic mass is 35.5. The molecule has 3 aromatic heterocycles. The molecule has 0 aliphatic heterocycles. The standard InChI is InChI=1S/C26H22FN5O2.2ClH/c27-19-14-23-24(30-16-19)31(26(34)32(25(23)33)21-10-8-20(28)9-11-21)22-5-1-3-17(13-22)6-7-18-4-2-12-29-15-18;;/h1-5,12-16,20-21H,8-11,28H2;2*1H. The summed E-state index contributed by atoms with van der Waals surface area (Å²) in [5.41, 5.74) is 7.02. The zero-order chi connectivity index (χ0) is 23.7. The number of nitrogens with two attached hydrogens (primary N) is 1. The normalized spacial score (nSPS) is 16.8. The molecule has 2 N–H and O–H groups in total. The summed E-state index contributed by atoms with van der Waals surface area (Å²) in [6, 6.07) is 11.7. The summed E-state index contributed by atoms with van der Waals surface area (Å²) in [5, 5.41) is 0.0568. The molecule has 7 nitrogen and oxygen atoms in total. The SMILES string of the molecule is Cl.Cl.NC1CCC(n2c(=O)c3cc(F)cnc3n(-c3cccc(C#Cc4cccnc4)c3)c2=O)CC1. The Labute approximate surface area is 219 Å². The topological polar surface area (TPSA) is 95.8 Å². The van der Waals surface area contributed by atoms with Gasteiger partial charge in [0.05, 0.1) is 17.3 Å². The van der Waals surface area contributed by atoms with Crippen LogP contribution in [0.1, 0.15) is 42.9 Å². The van der Waals surface area contributed by atoms with Crippen molar-refractivity contribution in [1.29, 1.82) is 0 Å². The van der Waals surface area contributed by atoms with E-state index in [2.05, 4.69) is 21.8 Å². The molecule has 1 aliphatic carbocycles. The van der Waals surface area contributed by atoms with Crippen LogP contribution >= 0.6 is 24.8 Å². The Morgan fingerprint density at radius 2 is 1.67 bits per heavy atom. The lowest BCUT2D eigenvalue weighted by atomic mass is 9.91. The fourth-order valence-electron chi connectivity index (χ4n) is 4.40. The van der Waals surface area contributed by atoms with Crippen LogP contribution in [0, 0.1) is 17.7 Å². The number of nitrogens with zero attached hydrogens (tertiary/aromatic N) is 4. The van der Waals surface area contributed by atoms with Gasteiger partial charge in [0.25, 0.3) is 5.56 Å². The number of hydrogen-bond acceptors (Lipinski definition) is 5. The van der Waals surface area contributed by atoms with E-state index in [0.717, 1.165) is 30.7 Å². The Bertz CT molecular complexity index is 1550. The van der Waals surface area contributed by atoms with Crippen molar-refractivity contribution in [3.05, 3.63) is 98.8 Å². The molecule has 36 heavy (non-hydrogen) atoms. The fourth-order valence-corrected chi connectivity index (χ4v) is 4.40. The minimum absolute atomic E-state index is 0. The third-order valence-electron chi connectivity index (χ3n) is 6.12. The summed E-state index contributed by atoms with van der Waals surface area (Å²) in [4.78, 5) is 35.1. The van der Waals surface area contributed by atoms with Crippen LogP contribution < -0.4 is 17.0 Å². The van der Waals surface area contributed by atoms with Gasteiger partial charge in [-0.1, -0.05) is 17.9 Å². The fraction of sp³-hybridized carbons (Fsp3) is 0.231. The van der Waals surface area contributed by atoms with Gasteiger partial charge in [-0.3, -0.25) is 14.3 Å². The van der Waals surface area contributed by atoms with Crippen molar-refractivity contribution in [2.75, 3.05) is 0 Å². The summed E-state index contributed by atoms with van der Waals surface area (Å²) in [7, 11) is 0. The summed E-state index contributed by atoms with van der Waals surface area (Å²) >= 11 is 0. The third-order valence-corrected chi connectivity index (χ3v) is 6.12. The van der Waals surface area contributed by atoms with E-state index in [0.29, 0.717) is 24.1 Å². The summed E-state index contributed by atoms with van der Waals surface area (Å²) in [6.07, 6.45) is 7.01. The Morgan fingerprint density at radius 1 is 0.944 bits per heavy atom. The molecular formula is C26H24Cl2FN5O2. The second-order valence-corrected chi connectivity index (χ2v) is 8.43. The zero-order valence-corrected chi connectivity index (χ0v) is 20.8. The number of hydrogen-bond donors (Lipinski definition) is 1. The number of rotatable bonds is 2. The monoisotopic (exact) mass is 527 g/mol. The third kappa shape index (κ3) is 5.34. The van der Waals surface area contributed by atoms with Gasteiger partial charge in [-0.05, 0) is 62.1 Å². The van der Waals surface area contributed by atoms with E-state index in [4.69, 9.17) is 5.73 Å². The van der Waals surface area contributed by atoms with Gasteiger partial charge in [-0.15, -0.1) is 24.8 Å². The van der Waals surface area contributed by atoms with Gasteiger partial charge in [-0.2, -0.15) is 0 Å². The van der Waals surface area contributed by atoms with Crippen molar-refractivity contribution < 1.29 is 4.39 Å². The quantitative estimate of drug-likeness (QED) is 0.400. The molecule has 3 heterocycles. The van der Waals surface area contributed by atoms with Crippen LogP contribution in [-0.2, 0) is 0 Å². The first-order valence-corrected chi connectivity index (χ1v) is 11.1. The highest BCUT2D eigenvalue weighted by Gasteiger charge is 2.26. The van der Waals surface area contributed by atoms with Crippen LogP contribution in [-0.4, -0.2) is 25.1 Å². The zero-order valence-electron chi connectivity index (χ0n) is 19.1. The molecule has 1 saturated carbocycles. The first-order chi connectivity index (χ1) is 16.5. The Kier molecular flexibility index (Phi) is 8.64. The van der Waals surface area contributed by atoms with Gasteiger partial charge in [0, 0.05) is 35.6 Å². The number of aromatic nitrogens is 4. The van der Waals surface area contributed by atoms with Gasteiger partial charge >= 0.3 is 5.69 Å². The van der Waals surface area contributed by atoms with E-state index in [9.17, 15) is 14.0 Å². The first-order valence-electron chi connectivity index (χ1n) is 11.1. The average molecular weight is 528 g/mol. The summed E-state index contributed by atoms with van der Waals surface area (Å²) < 4.78 is 16.7. The van der Waals surface area contributed by atoms with Crippen molar-refractivity contribution in [3.8, 4) is 17.5 Å². The number of pyridine rings is 2. The molecule has 0 bridgehead atoms. The summed E-state index contributed by atoms with van der Waals surface area (Å²) in [6.45, 7) is 0. The minimum Gasteiger partial charge on any atom is -0.328 e. The molecule has 0 spiro atoms. The van der Waals surface area contributed by atoms with Crippen LogP contribution in [0.15, 0.2) is 70.6 Å². The molecule has 0 saturated heterocycles. The first kappa shape index (κ1) is 27.1. The Hall–Kier alpha value is -3.51. The van der Waals surface area contributed by atoms with Gasteiger partial charge in [0.15, 0.2) is 5.65 Å². The van der Waals surface area contributed by atoms with E-state index in [-0.39, 0.29) is 47.9 Å². The van der Waals surface area contributed by atoms with E-state index in [1.54, 1.807) is 36.7 Å². The highest BCUT2D eigenvalue weighted by Crippen LogP contribution is 2.26. The van der Waals surface area contributed by atoms with Crippen molar-refractivity contribution in [1.82, 2.24) is 19.1 Å². The molecule has 0 atom stereocenters. The smallest absolute Gasteiger partial charge is 0.328 e. The van der Waals surface area contributed by atoms with Gasteiger partial charge in [-0.25, -0.2) is 18.7 Å². The van der Waals surface area contributed by atoms with Crippen LogP contribution in [0.2, 0.25) is 0 Å². The van der Waals surface area contributed by atoms with Gasteiger partial charge in [0.1, 0.15) is 5.82 Å². The van der Waals surface area contributed by atoms with E-state index >= 15 is 0 Å². The lowest BCUT2D eigenvalue weighted by Gasteiger charge is -2.27. The molecule has 4 aromatic rings. The molecule has 1 aromatic carbocycles. The van der Waals surface area contributed by atoms with Crippen LogP contribution in [0.3, 0.4) is 0 Å². The van der Waals surface area contributed by atoms with E-state index in [1.807, 2.05) is 12.1 Å². The Morgan fingerprint density at radius 3 is 2.39 bits per heavy atom. The molecule has 0 amide bonds. The van der Waals surface area contributed by atoms with Crippen LogP contribution in [0.4, 0.5) is 4.39 Å². The molecule has 5 rings (SSSR count). The Balaban J connectivity index is 0.00000180. The highest BCUT2D eigenvalue weighted by molar-refractivity contribution is 5.85. The van der Waals surface area contributed by atoms with Crippen molar-refractivity contribution in [3.63, 3.8) is 0 Å². The maximum atomic E-state index is 14.1. The lowest BCUT2D eigenvalue weighted by molar-refractivity contribution is 0.309. The minimum atomic E-state index is -0.636. The van der Waals surface area contributed by atoms with Crippen molar-refractivity contribution in [2.45, 2.75) is 37.8 Å². The van der Waals surface area contributed by atoms with E-state index in [1.165, 1.54) is 9.13 Å². The van der Waals surface area contributed by atoms with Crippen molar-refractivity contribution in [2.24, 2.45) is 5.73 Å². The molecule has 1 fully saturated rings.